The third-order valence-electron chi connectivity index (χ3n) is 3.15. The van der Waals surface area contributed by atoms with E-state index in [-0.39, 0.29) is 5.54 Å². The Bertz CT molecular complexity index is 595. The van der Waals surface area contributed by atoms with Crippen molar-refractivity contribution in [3.63, 3.8) is 0 Å². The van der Waals surface area contributed by atoms with Gasteiger partial charge in [0, 0.05) is 31.7 Å². The smallest absolute Gasteiger partial charge is 0.0684 e. The summed E-state index contributed by atoms with van der Waals surface area (Å²) in [5.41, 5.74) is 2.13. The van der Waals surface area contributed by atoms with Gasteiger partial charge in [-0.25, -0.2) is 0 Å². The number of hydrogen-bond acceptors (Lipinski definition) is 2. The van der Waals surface area contributed by atoms with Crippen molar-refractivity contribution in [1.82, 2.24) is 10.3 Å². The monoisotopic (exact) mass is 460 g/mol. The zero-order valence-electron chi connectivity index (χ0n) is 11.3. The molecule has 2 aromatic rings. The number of hydrogen-bond donors (Lipinski definition) is 1. The van der Waals surface area contributed by atoms with Gasteiger partial charge in [0.25, 0.3) is 0 Å². The second-order valence-electron chi connectivity index (χ2n) is 5.07. The van der Waals surface area contributed by atoms with Crippen LogP contribution in [0.2, 0.25) is 0 Å². The van der Waals surface area contributed by atoms with Crippen LogP contribution in [0.4, 0.5) is 0 Å². The van der Waals surface area contributed by atoms with Gasteiger partial charge in [0.1, 0.15) is 0 Å². The van der Waals surface area contributed by atoms with E-state index in [1.165, 1.54) is 5.56 Å². The molecule has 0 bridgehead atoms. The fraction of sp³-hybridized carbons (Fsp3) is 0.267. The largest absolute Gasteiger partial charge is 0.302 e. The lowest BCUT2D eigenvalue weighted by atomic mass is 9.94. The summed E-state index contributed by atoms with van der Waals surface area (Å²) < 4.78 is 3.07. The van der Waals surface area contributed by atoms with Crippen molar-refractivity contribution in [1.29, 1.82) is 0 Å². The van der Waals surface area contributed by atoms with Crippen LogP contribution in [0.3, 0.4) is 0 Å². The lowest BCUT2D eigenvalue weighted by molar-refractivity contribution is 0.398. The fourth-order valence-electron chi connectivity index (χ4n) is 1.85. The highest BCUT2D eigenvalue weighted by Crippen LogP contribution is 2.24. The molecule has 0 saturated heterocycles. The molecule has 20 heavy (non-hydrogen) atoms. The predicted molar refractivity (Wildman–Crippen MR) is 93.6 cm³/mol. The van der Waals surface area contributed by atoms with Crippen molar-refractivity contribution in [3.8, 4) is 0 Å². The quantitative estimate of drug-likeness (QED) is 0.658. The van der Waals surface area contributed by atoms with Crippen molar-refractivity contribution in [2.45, 2.75) is 25.9 Å². The van der Waals surface area contributed by atoms with Crippen molar-refractivity contribution in [2.24, 2.45) is 0 Å². The highest BCUT2D eigenvalue weighted by atomic mass is 79.9. The van der Waals surface area contributed by atoms with Crippen LogP contribution >= 0.6 is 47.8 Å². The van der Waals surface area contributed by atoms with Crippen molar-refractivity contribution < 1.29 is 0 Å². The minimum Gasteiger partial charge on any atom is -0.302 e. The topological polar surface area (TPSA) is 24.9 Å². The summed E-state index contributed by atoms with van der Waals surface area (Å²) in [5.74, 6) is 0. The third kappa shape index (κ3) is 4.13. The summed E-state index contributed by atoms with van der Waals surface area (Å²) in [5, 5.41) is 3.55. The summed E-state index contributed by atoms with van der Waals surface area (Å²) in [4.78, 5) is 4.42. The molecule has 0 saturated carbocycles. The maximum absolute atomic E-state index is 4.42. The van der Waals surface area contributed by atoms with Crippen LogP contribution in [0.25, 0.3) is 0 Å². The number of benzene rings is 1. The van der Waals surface area contributed by atoms with E-state index in [0.717, 1.165) is 19.1 Å². The summed E-state index contributed by atoms with van der Waals surface area (Å²) in [6.07, 6.45) is 1.81. The number of nitrogens with zero attached hydrogens (tertiary/aromatic N) is 1. The van der Waals surface area contributed by atoms with Crippen LogP contribution in [0.1, 0.15) is 25.1 Å². The third-order valence-corrected chi connectivity index (χ3v) is 4.80. The van der Waals surface area contributed by atoms with Gasteiger partial charge in [0.15, 0.2) is 0 Å². The fourth-order valence-corrected chi connectivity index (χ4v) is 3.24. The van der Waals surface area contributed by atoms with Crippen LogP contribution in [0.15, 0.2) is 49.9 Å². The SMILES string of the molecule is CC(C)(NCc1ncc(Br)cc1Br)c1ccc(Br)cc1. The number of aromatic nitrogens is 1. The molecule has 1 aromatic carbocycles. The highest BCUT2D eigenvalue weighted by Gasteiger charge is 2.20. The summed E-state index contributed by atoms with van der Waals surface area (Å²) in [6, 6.07) is 10.4. The first-order valence-corrected chi connectivity index (χ1v) is 8.57. The molecule has 0 radical (unpaired) electrons. The Morgan fingerprint density at radius 3 is 2.30 bits per heavy atom. The molecule has 5 heteroatoms. The summed E-state index contributed by atoms with van der Waals surface area (Å²) in [7, 11) is 0. The highest BCUT2D eigenvalue weighted by molar-refractivity contribution is 9.11. The van der Waals surface area contributed by atoms with Crippen LogP contribution in [0.5, 0.6) is 0 Å². The maximum atomic E-state index is 4.42. The van der Waals surface area contributed by atoms with E-state index < -0.39 is 0 Å². The number of rotatable bonds is 4. The Labute approximate surface area is 144 Å². The van der Waals surface area contributed by atoms with Crippen LogP contribution < -0.4 is 5.32 Å². The molecule has 1 N–H and O–H groups in total. The average Bonchev–Trinajstić information content (AvgIpc) is 2.38. The van der Waals surface area contributed by atoms with Gasteiger partial charge in [0.05, 0.1) is 5.69 Å². The minimum atomic E-state index is -0.116. The minimum absolute atomic E-state index is 0.116. The number of pyridine rings is 1. The first-order valence-electron chi connectivity index (χ1n) is 6.19. The molecule has 1 aromatic heterocycles. The number of nitrogens with one attached hydrogen (secondary N) is 1. The Hall–Kier alpha value is -0.230. The maximum Gasteiger partial charge on any atom is 0.0684 e. The Morgan fingerprint density at radius 1 is 1.05 bits per heavy atom. The standard InChI is InChI=1S/C15H15Br3N2/c1-15(2,10-3-5-11(16)6-4-10)20-9-14-13(18)7-12(17)8-19-14/h3-8,20H,9H2,1-2H3. The molecule has 0 amide bonds. The van der Waals surface area contributed by atoms with E-state index >= 15 is 0 Å². The molecule has 0 aliphatic carbocycles. The van der Waals surface area contributed by atoms with Gasteiger partial charge < -0.3 is 5.32 Å². The van der Waals surface area contributed by atoms with Gasteiger partial charge in [-0.05, 0) is 69.5 Å². The van der Waals surface area contributed by atoms with Crippen LogP contribution in [0, 0.1) is 0 Å². The van der Waals surface area contributed by atoms with E-state index in [4.69, 9.17) is 0 Å². The first kappa shape index (κ1) is 16.1. The van der Waals surface area contributed by atoms with Crippen LogP contribution in [-0.4, -0.2) is 4.98 Å². The molecular weight excluding hydrogens is 448 g/mol. The van der Waals surface area contributed by atoms with Crippen LogP contribution in [-0.2, 0) is 12.1 Å². The summed E-state index contributed by atoms with van der Waals surface area (Å²) in [6.45, 7) is 5.04. The molecule has 1 heterocycles. The van der Waals surface area contributed by atoms with Gasteiger partial charge in [0.2, 0.25) is 0 Å². The van der Waals surface area contributed by atoms with Gasteiger partial charge in [-0.2, -0.15) is 0 Å². The van der Waals surface area contributed by atoms with Crippen molar-refractivity contribution >= 4 is 47.8 Å². The van der Waals surface area contributed by atoms with Crippen molar-refractivity contribution in [3.05, 3.63) is 61.2 Å². The normalized spacial score (nSPS) is 11.7. The Morgan fingerprint density at radius 2 is 1.70 bits per heavy atom. The molecule has 0 unspecified atom stereocenters. The van der Waals surface area contributed by atoms with E-state index in [9.17, 15) is 0 Å². The molecule has 106 valence electrons. The zero-order valence-corrected chi connectivity index (χ0v) is 16.0. The lowest BCUT2D eigenvalue weighted by Crippen LogP contribution is -2.36. The summed E-state index contributed by atoms with van der Waals surface area (Å²) >= 11 is 10.4. The average molecular weight is 463 g/mol. The second-order valence-corrected chi connectivity index (χ2v) is 7.75. The number of halogens is 3. The molecule has 2 nitrogen and oxygen atoms in total. The Kier molecular flexibility index (Phi) is 5.40. The van der Waals surface area contributed by atoms with Gasteiger partial charge in [-0.15, -0.1) is 0 Å². The van der Waals surface area contributed by atoms with Gasteiger partial charge in [-0.3, -0.25) is 4.98 Å². The first-order chi connectivity index (χ1) is 9.38. The van der Waals surface area contributed by atoms with Crippen molar-refractivity contribution in [2.75, 3.05) is 0 Å². The second kappa shape index (κ2) is 6.69. The zero-order chi connectivity index (χ0) is 14.8. The molecule has 0 fully saturated rings. The predicted octanol–water partition coefficient (Wildman–Crippen LogP) is 5.39. The van der Waals surface area contributed by atoms with E-state index in [2.05, 4.69) is 96.2 Å². The van der Waals surface area contributed by atoms with Gasteiger partial charge in [-0.1, -0.05) is 28.1 Å². The van der Waals surface area contributed by atoms with E-state index in [0.29, 0.717) is 6.54 Å². The van der Waals surface area contributed by atoms with E-state index in [1.54, 1.807) is 0 Å². The van der Waals surface area contributed by atoms with E-state index in [1.807, 2.05) is 12.3 Å². The molecule has 0 aliphatic heterocycles. The molecular formula is C15H15Br3N2. The lowest BCUT2D eigenvalue weighted by Gasteiger charge is -2.27. The molecule has 2 rings (SSSR count). The van der Waals surface area contributed by atoms with Gasteiger partial charge >= 0.3 is 0 Å². The molecule has 0 atom stereocenters. The molecule has 0 aliphatic rings. The molecule has 0 spiro atoms. The Balaban J connectivity index is 2.10.